The topological polar surface area (TPSA) is 44.0 Å². The van der Waals surface area contributed by atoms with E-state index in [-0.39, 0.29) is 0 Å². The molecule has 14 heavy (non-hydrogen) atoms. The first-order chi connectivity index (χ1) is 6.75. The third-order valence-corrected chi connectivity index (χ3v) is 2.77. The van der Waals surface area contributed by atoms with Crippen LogP contribution >= 0.6 is 0 Å². The molecule has 0 amide bonds. The Balaban J connectivity index is 1.94. The van der Waals surface area contributed by atoms with Crippen molar-refractivity contribution in [3.63, 3.8) is 0 Å². The molecular formula is C10H18N4. The number of nitrogens with zero attached hydrogens (tertiary/aromatic N) is 2. The van der Waals surface area contributed by atoms with Crippen LogP contribution in [0.25, 0.3) is 0 Å². The Morgan fingerprint density at radius 1 is 1.64 bits per heavy atom. The van der Waals surface area contributed by atoms with Crippen molar-refractivity contribution >= 4 is 0 Å². The molecule has 1 aromatic heterocycles. The third-order valence-electron chi connectivity index (χ3n) is 2.77. The van der Waals surface area contributed by atoms with Gasteiger partial charge in [-0.25, -0.2) is 0 Å². The van der Waals surface area contributed by atoms with E-state index < -0.39 is 0 Å². The molecule has 1 aliphatic rings. The van der Waals surface area contributed by atoms with Gasteiger partial charge in [0, 0.05) is 32.2 Å². The molecule has 0 saturated carbocycles. The predicted octanol–water partition coefficient (Wildman–Crippen LogP) is 0.512. The van der Waals surface area contributed by atoms with Crippen molar-refractivity contribution in [3.8, 4) is 0 Å². The Morgan fingerprint density at radius 3 is 3.14 bits per heavy atom. The molecular weight excluding hydrogens is 176 g/mol. The SMILES string of the molecule is Cc1cn[nH]c1CN1CCN[C@H](C)C1. The number of hydrogen-bond donors (Lipinski definition) is 2. The molecule has 2 N–H and O–H groups in total. The van der Waals surface area contributed by atoms with Gasteiger partial charge in [0.1, 0.15) is 0 Å². The van der Waals surface area contributed by atoms with E-state index in [9.17, 15) is 0 Å². The summed E-state index contributed by atoms with van der Waals surface area (Å²) in [4.78, 5) is 2.46. The maximum absolute atomic E-state index is 4.04. The second-order valence-corrected chi connectivity index (χ2v) is 4.12. The monoisotopic (exact) mass is 194 g/mol. The van der Waals surface area contributed by atoms with Crippen molar-refractivity contribution in [2.75, 3.05) is 19.6 Å². The van der Waals surface area contributed by atoms with Gasteiger partial charge < -0.3 is 5.32 Å². The zero-order valence-electron chi connectivity index (χ0n) is 8.88. The standard InChI is InChI=1S/C10H18N4/c1-8-5-12-13-10(8)7-14-4-3-11-9(2)6-14/h5,9,11H,3-4,6-7H2,1-2H3,(H,12,13)/t9-/m1/s1. The molecule has 4 heteroatoms. The molecule has 1 aliphatic heterocycles. The van der Waals surface area contributed by atoms with Gasteiger partial charge in [0.05, 0.1) is 11.9 Å². The normalized spacial score (nSPS) is 24.0. The van der Waals surface area contributed by atoms with Crippen molar-refractivity contribution < 1.29 is 0 Å². The van der Waals surface area contributed by atoms with Crippen molar-refractivity contribution in [1.29, 1.82) is 0 Å². The maximum atomic E-state index is 4.04. The molecule has 2 heterocycles. The van der Waals surface area contributed by atoms with Gasteiger partial charge in [0.15, 0.2) is 0 Å². The average Bonchev–Trinajstić information content (AvgIpc) is 2.52. The molecule has 0 bridgehead atoms. The average molecular weight is 194 g/mol. The van der Waals surface area contributed by atoms with E-state index >= 15 is 0 Å². The Hall–Kier alpha value is -0.870. The fraction of sp³-hybridized carbons (Fsp3) is 0.700. The minimum Gasteiger partial charge on any atom is -0.312 e. The summed E-state index contributed by atoms with van der Waals surface area (Å²) in [5, 5.41) is 10.5. The predicted molar refractivity (Wildman–Crippen MR) is 56.1 cm³/mol. The number of aromatic amines is 1. The molecule has 1 fully saturated rings. The van der Waals surface area contributed by atoms with Crippen LogP contribution in [0.2, 0.25) is 0 Å². The Labute approximate surface area is 84.7 Å². The molecule has 0 unspecified atom stereocenters. The fourth-order valence-corrected chi connectivity index (χ4v) is 1.91. The Kier molecular flexibility index (Phi) is 2.84. The molecule has 1 saturated heterocycles. The van der Waals surface area contributed by atoms with Gasteiger partial charge >= 0.3 is 0 Å². The maximum Gasteiger partial charge on any atom is 0.0521 e. The largest absolute Gasteiger partial charge is 0.312 e. The number of piperazine rings is 1. The molecule has 0 spiro atoms. The van der Waals surface area contributed by atoms with Crippen LogP contribution in [0.15, 0.2) is 6.20 Å². The number of aromatic nitrogens is 2. The lowest BCUT2D eigenvalue weighted by atomic mass is 10.2. The fourth-order valence-electron chi connectivity index (χ4n) is 1.91. The minimum absolute atomic E-state index is 0.604. The van der Waals surface area contributed by atoms with E-state index in [1.165, 1.54) is 11.3 Å². The smallest absolute Gasteiger partial charge is 0.0521 e. The van der Waals surface area contributed by atoms with E-state index in [1.54, 1.807) is 0 Å². The quantitative estimate of drug-likeness (QED) is 0.721. The second kappa shape index (κ2) is 4.11. The number of H-pyrrole nitrogens is 1. The van der Waals surface area contributed by atoms with Crippen LogP contribution in [0.5, 0.6) is 0 Å². The van der Waals surface area contributed by atoms with E-state index in [4.69, 9.17) is 0 Å². The summed E-state index contributed by atoms with van der Waals surface area (Å²) in [5.74, 6) is 0. The molecule has 1 aromatic rings. The van der Waals surface area contributed by atoms with E-state index in [1.807, 2.05) is 6.20 Å². The highest BCUT2D eigenvalue weighted by atomic mass is 15.2. The van der Waals surface area contributed by atoms with Gasteiger partial charge in [0.25, 0.3) is 0 Å². The van der Waals surface area contributed by atoms with Crippen molar-refractivity contribution in [1.82, 2.24) is 20.4 Å². The van der Waals surface area contributed by atoms with Crippen LogP contribution in [0.3, 0.4) is 0 Å². The highest BCUT2D eigenvalue weighted by Crippen LogP contribution is 2.08. The number of nitrogens with one attached hydrogen (secondary N) is 2. The number of hydrogen-bond acceptors (Lipinski definition) is 3. The van der Waals surface area contributed by atoms with Gasteiger partial charge in [-0.1, -0.05) is 0 Å². The molecule has 0 radical (unpaired) electrons. The van der Waals surface area contributed by atoms with Crippen molar-refractivity contribution in [2.24, 2.45) is 0 Å². The van der Waals surface area contributed by atoms with Crippen LogP contribution in [0.1, 0.15) is 18.2 Å². The summed E-state index contributed by atoms with van der Waals surface area (Å²) < 4.78 is 0. The minimum atomic E-state index is 0.604. The summed E-state index contributed by atoms with van der Waals surface area (Å²) in [6.07, 6.45) is 1.89. The van der Waals surface area contributed by atoms with Crippen LogP contribution in [-0.2, 0) is 6.54 Å². The zero-order valence-corrected chi connectivity index (χ0v) is 8.88. The number of aryl methyl sites for hydroxylation is 1. The molecule has 2 rings (SSSR count). The van der Waals surface area contributed by atoms with Gasteiger partial charge in [-0.05, 0) is 19.4 Å². The first-order valence-electron chi connectivity index (χ1n) is 5.20. The lowest BCUT2D eigenvalue weighted by Gasteiger charge is -2.31. The van der Waals surface area contributed by atoms with E-state index in [2.05, 4.69) is 34.3 Å². The third kappa shape index (κ3) is 2.13. The Morgan fingerprint density at radius 2 is 2.50 bits per heavy atom. The molecule has 78 valence electrons. The summed E-state index contributed by atoms with van der Waals surface area (Å²) in [6.45, 7) is 8.67. The molecule has 0 aromatic carbocycles. The summed E-state index contributed by atoms with van der Waals surface area (Å²) >= 11 is 0. The lowest BCUT2D eigenvalue weighted by molar-refractivity contribution is 0.197. The van der Waals surface area contributed by atoms with Gasteiger partial charge in [0.2, 0.25) is 0 Å². The van der Waals surface area contributed by atoms with E-state index in [0.717, 1.165) is 26.2 Å². The summed E-state index contributed by atoms with van der Waals surface area (Å²) in [5.41, 5.74) is 2.51. The zero-order chi connectivity index (χ0) is 9.97. The second-order valence-electron chi connectivity index (χ2n) is 4.12. The van der Waals surface area contributed by atoms with Gasteiger partial charge in [-0.3, -0.25) is 10.00 Å². The summed E-state index contributed by atoms with van der Waals surface area (Å²) in [7, 11) is 0. The highest BCUT2D eigenvalue weighted by Gasteiger charge is 2.16. The first kappa shape index (κ1) is 9.68. The number of rotatable bonds is 2. The lowest BCUT2D eigenvalue weighted by Crippen LogP contribution is -2.48. The van der Waals surface area contributed by atoms with E-state index in [0.29, 0.717) is 6.04 Å². The van der Waals surface area contributed by atoms with Crippen LogP contribution < -0.4 is 5.32 Å². The highest BCUT2D eigenvalue weighted by molar-refractivity contribution is 5.13. The molecule has 4 nitrogen and oxygen atoms in total. The van der Waals surface area contributed by atoms with Gasteiger partial charge in [-0.2, -0.15) is 5.10 Å². The Bertz CT molecular complexity index is 294. The van der Waals surface area contributed by atoms with Crippen LogP contribution in [-0.4, -0.2) is 40.8 Å². The van der Waals surface area contributed by atoms with Crippen molar-refractivity contribution in [2.45, 2.75) is 26.4 Å². The van der Waals surface area contributed by atoms with Gasteiger partial charge in [-0.15, -0.1) is 0 Å². The van der Waals surface area contributed by atoms with Crippen LogP contribution in [0, 0.1) is 6.92 Å². The van der Waals surface area contributed by atoms with Crippen LogP contribution in [0.4, 0.5) is 0 Å². The molecule has 1 atom stereocenters. The van der Waals surface area contributed by atoms with Crippen molar-refractivity contribution in [3.05, 3.63) is 17.5 Å². The first-order valence-corrected chi connectivity index (χ1v) is 5.20. The molecule has 0 aliphatic carbocycles. The summed E-state index contributed by atoms with van der Waals surface area (Å²) in [6, 6.07) is 0.604.